The largest absolute Gasteiger partial charge is 0.508 e. The smallest absolute Gasteiger partial charge is 0.340 e. The number of esters is 1. The van der Waals surface area contributed by atoms with Crippen LogP contribution in [0.2, 0.25) is 0 Å². The standard InChI is InChI=1S/C12H15NO3.ClH/c1-7-5-9(14)6-10(12(15)16-2)11(7)13-8-3-4-8;/h5-6,8,13-14H,3-4H2,1-2H3;1H. The van der Waals surface area contributed by atoms with Crippen LogP contribution in [-0.4, -0.2) is 24.2 Å². The number of nitrogens with one attached hydrogen (secondary N) is 1. The van der Waals surface area contributed by atoms with Gasteiger partial charge in [-0.25, -0.2) is 4.79 Å². The number of carbonyl (C=O) groups excluding carboxylic acids is 1. The van der Waals surface area contributed by atoms with Crippen LogP contribution >= 0.6 is 12.4 Å². The minimum absolute atomic E-state index is 0. The molecule has 17 heavy (non-hydrogen) atoms. The SMILES string of the molecule is COC(=O)c1cc(O)cc(C)c1NC1CC1.Cl. The molecule has 0 heterocycles. The van der Waals surface area contributed by atoms with E-state index < -0.39 is 5.97 Å². The number of aromatic hydroxyl groups is 1. The summed E-state index contributed by atoms with van der Waals surface area (Å²) in [5, 5.41) is 12.8. The first kappa shape index (κ1) is 13.6. The van der Waals surface area contributed by atoms with Crippen molar-refractivity contribution >= 4 is 24.1 Å². The van der Waals surface area contributed by atoms with Gasteiger partial charge in [0, 0.05) is 6.04 Å². The summed E-state index contributed by atoms with van der Waals surface area (Å²) < 4.78 is 4.70. The molecule has 5 heteroatoms. The van der Waals surface area contributed by atoms with Crippen molar-refractivity contribution in [2.45, 2.75) is 25.8 Å². The highest BCUT2D eigenvalue weighted by Crippen LogP contribution is 2.32. The van der Waals surface area contributed by atoms with Crippen LogP contribution in [0.25, 0.3) is 0 Å². The summed E-state index contributed by atoms with van der Waals surface area (Å²) >= 11 is 0. The molecule has 1 aromatic carbocycles. The van der Waals surface area contributed by atoms with E-state index in [1.807, 2.05) is 6.92 Å². The van der Waals surface area contributed by atoms with E-state index in [4.69, 9.17) is 4.74 Å². The fraction of sp³-hybridized carbons (Fsp3) is 0.417. The van der Waals surface area contributed by atoms with Gasteiger partial charge in [-0.2, -0.15) is 0 Å². The molecular formula is C12H16ClNO3. The van der Waals surface area contributed by atoms with Crippen molar-refractivity contribution in [2.24, 2.45) is 0 Å². The Kier molecular flexibility index (Phi) is 4.23. The highest BCUT2D eigenvalue weighted by Gasteiger charge is 2.24. The van der Waals surface area contributed by atoms with Crippen molar-refractivity contribution in [1.82, 2.24) is 0 Å². The summed E-state index contributed by atoms with van der Waals surface area (Å²) in [4.78, 5) is 11.6. The van der Waals surface area contributed by atoms with Crippen LogP contribution in [0.3, 0.4) is 0 Å². The highest BCUT2D eigenvalue weighted by atomic mass is 35.5. The van der Waals surface area contributed by atoms with Crippen molar-refractivity contribution < 1.29 is 14.6 Å². The fourth-order valence-corrected chi connectivity index (χ4v) is 1.66. The number of halogens is 1. The number of methoxy groups -OCH3 is 1. The van der Waals surface area contributed by atoms with Crippen LogP contribution in [0, 0.1) is 6.92 Å². The van der Waals surface area contributed by atoms with Gasteiger partial charge in [-0.15, -0.1) is 12.4 Å². The van der Waals surface area contributed by atoms with Crippen molar-refractivity contribution in [3.8, 4) is 5.75 Å². The molecule has 0 bridgehead atoms. The molecule has 1 fully saturated rings. The van der Waals surface area contributed by atoms with Gasteiger partial charge in [0.15, 0.2) is 0 Å². The number of hydrogen-bond acceptors (Lipinski definition) is 4. The van der Waals surface area contributed by atoms with Crippen LogP contribution in [0.4, 0.5) is 5.69 Å². The van der Waals surface area contributed by atoms with E-state index in [1.54, 1.807) is 6.07 Å². The van der Waals surface area contributed by atoms with Gasteiger partial charge in [0.2, 0.25) is 0 Å². The second-order valence-electron chi connectivity index (χ2n) is 4.10. The van der Waals surface area contributed by atoms with Crippen LogP contribution < -0.4 is 5.32 Å². The van der Waals surface area contributed by atoms with E-state index in [0.29, 0.717) is 11.6 Å². The minimum atomic E-state index is -0.429. The van der Waals surface area contributed by atoms with Gasteiger partial charge in [-0.05, 0) is 37.5 Å². The lowest BCUT2D eigenvalue weighted by Gasteiger charge is -2.13. The third kappa shape index (κ3) is 3.03. The highest BCUT2D eigenvalue weighted by molar-refractivity contribution is 5.97. The Morgan fingerprint density at radius 1 is 1.47 bits per heavy atom. The molecule has 2 N–H and O–H groups in total. The van der Waals surface area contributed by atoms with E-state index in [2.05, 4.69) is 5.32 Å². The van der Waals surface area contributed by atoms with Crippen molar-refractivity contribution in [3.63, 3.8) is 0 Å². The van der Waals surface area contributed by atoms with E-state index in [1.165, 1.54) is 13.2 Å². The molecule has 2 rings (SSSR count). The second kappa shape index (κ2) is 5.27. The number of rotatable bonds is 3. The predicted molar refractivity (Wildman–Crippen MR) is 68.1 cm³/mol. The first-order valence-corrected chi connectivity index (χ1v) is 5.30. The topological polar surface area (TPSA) is 58.6 Å². The average Bonchev–Trinajstić information content (AvgIpc) is 3.04. The molecule has 0 unspecified atom stereocenters. The molecule has 1 aliphatic rings. The molecule has 0 amide bonds. The number of benzene rings is 1. The molecule has 0 aliphatic heterocycles. The maximum absolute atomic E-state index is 11.6. The summed E-state index contributed by atoms with van der Waals surface area (Å²) in [7, 11) is 1.34. The van der Waals surface area contributed by atoms with Gasteiger partial charge in [0.25, 0.3) is 0 Å². The molecule has 0 radical (unpaired) electrons. The zero-order valence-corrected chi connectivity index (χ0v) is 10.6. The third-order valence-electron chi connectivity index (χ3n) is 2.65. The number of phenolic OH excluding ortho intramolecular Hbond substituents is 1. The first-order valence-electron chi connectivity index (χ1n) is 5.30. The lowest BCUT2D eigenvalue weighted by Crippen LogP contribution is -2.11. The number of phenols is 1. The van der Waals surface area contributed by atoms with Crippen LogP contribution in [-0.2, 0) is 4.74 Å². The normalized spacial score (nSPS) is 13.8. The molecule has 0 aromatic heterocycles. The molecule has 1 saturated carbocycles. The van der Waals surface area contributed by atoms with E-state index >= 15 is 0 Å². The molecule has 4 nitrogen and oxygen atoms in total. The summed E-state index contributed by atoms with van der Waals surface area (Å²) in [5.74, 6) is -0.346. The Morgan fingerprint density at radius 2 is 2.12 bits per heavy atom. The van der Waals surface area contributed by atoms with Crippen LogP contribution in [0.15, 0.2) is 12.1 Å². The van der Waals surface area contributed by atoms with Crippen molar-refractivity contribution in [2.75, 3.05) is 12.4 Å². The third-order valence-corrected chi connectivity index (χ3v) is 2.65. The molecule has 0 atom stereocenters. The zero-order chi connectivity index (χ0) is 11.7. The average molecular weight is 258 g/mol. The molecular weight excluding hydrogens is 242 g/mol. The van der Waals surface area contributed by atoms with Gasteiger partial charge < -0.3 is 15.2 Å². The Hall–Kier alpha value is -1.42. The molecule has 1 aromatic rings. The molecule has 94 valence electrons. The van der Waals surface area contributed by atoms with Gasteiger partial charge in [-0.1, -0.05) is 0 Å². The lowest BCUT2D eigenvalue weighted by atomic mass is 10.1. The summed E-state index contributed by atoms with van der Waals surface area (Å²) in [6.07, 6.45) is 2.25. The van der Waals surface area contributed by atoms with Gasteiger partial charge in [-0.3, -0.25) is 0 Å². The van der Waals surface area contributed by atoms with E-state index in [0.717, 1.165) is 24.1 Å². The van der Waals surface area contributed by atoms with E-state index in [-0.39, 0.29) is 18.2 Å². The zero-order valence-electron chi connectivity index (χ0n) is 9.82. The number of aryl methyl sites for hydroxylation is 1. The lowest BCUT2D eigenvalue weighted by molar-refractivity contribution is 0.0601. The van der Waals surface area contributed by atoms with Crippen molar-refractivity contribution in [1.29, 1.82) is 0 Å². The number of ether oxygens (including phenoxy) is 1. The predicted octanol–water partition coefficient (Wildman–Crippen LogP) is 2.48. The van der Waals surface area contributed by atoms with Crippen LogP contribution in [0.1, 0.15) is 28.8 Å². The maximum Gasteiger partial charge on any atom is 0.340 e. The molecule has 0 saturated heterocycles. The summed E-state index contributed by atoms with van der Waals surface area (Å²) in [6, 6.07) is 3.52. The summed E-state index contributed by atoms with van der Waals surface area (Å²) in [6.45, 7) is 1.86. The van der Waals surface area contributed by atoms with Gasteiger partial charge in [0.1, 0.15) is 5.75 Å². The van der Waals surface area contributed by atoms with Gasteiger partial charge in [0.05, 0.1) is 18.4 Å². The Morgan fingerprint density at radius 3 is 2.65 bits per heavy atom. The molecule has 0 spiro atoms. The maximum atomic E-state index is 11.6. The first-order chi connectivity index (χ1) is 7.61. The molecule has 1 aliphatic carbocycles. The summed E-state index contributed by atoms with van der Waals surface area (Å²) in [5.41, 5.74) is 2.02. The minimum Gasteiger partial charge on any atom is -0.508 e. The fourth-order valence-electron chi connectivity index (χ4n) is 1.66. The van der Waals surface area contributed by atoms with Crippen molar-refractivity contribution in [3.05, 3.63) is 23.3 Å². The number of hydrogen-bond donors (Lipinski definition) is 2. The monoisotopic (exact) mass is 257 g/mol. The quantitative estimate of drug-likeness (QED) is 0.645. The van der Waals surface area contributed by atoms with E-state index in [9.17, 15) is 9.90 Å². The Bertz CT molecular complexity index is 430. The Balaban J connectivity index is 0.00000144. The second-order valence-corrected chi connectivity index (χ2v) is 4.10. The Labute approximate surface area is 106 Å². The van der Waals surface area contributed by atoms with Crippen LogP contribution in [0.5, 0.6) is 5.75 Å². The van der Waals surface area contributed by atoms with Gasteiger partial charge >= 0.3 is 5.97 Å². The number of carbonyl (C=O) groups is 1. The number of anilines is 1.